The second kappa shape index (κ2) is 7.35. The molecule has 1 aliphatic rings. The number of aromatic nitrogens is 2. The van der Waals surface area contributed by atoms with Crippen LogP contribution < -0.4 is 0 Å². The Hall–Kier alpha value is -2.34. The van der Waals surface area contributed by atoms with E-state index in [-0.39, 0.29) is 17.7 Å². The molecule has 3 heterocycles. The highest BCUT2D eigenvalue weighted by molar-refractivity contribution is 8.00. The lowest BCUT2D eigenvalue weighted by atomic mass is 10.0. The molecule has 3 aromatic rings. The average Bonchev–Trinajstić information content (AvgIpc) is 3.03. The molecule has 1 aliphatic heterocycles. The van der Waals surface area contributed by atoms with Gasteiger partial charge in [0.05, 0.1) is 12.2 Å². The molecule has 0 radical (unpaired) electrons. The fraction of sp³-hybridized carbons (Fsp3) is 0.333. The molecular weight excluding hydrogens is 361 g/mol. The Bertz CT molecular complexity index is 996. The van der Waals surface area contributed by atoms with Gasteiger partial charge in [-0.3, -0.25) is 4.79 Å². The molecule has 2 aromatic heterocycles. The van der Waals surface area contributed by atoms with E-state index in [0.717, 1.165) is 32.7 Å². The minimum atomic E-state index is -0.475. The van der Waals surface area contributed by atoms with E-state index in [1.807, 2.05) is 59.7 Å². The molecule has 1 amide bonds. The van der Waals surface area contributed by atoms with Crippen molar-refractivity contribution in [3.8, 4) is 11.3 Å². The molecule has 0 saturated carbocycles. The van der Waals surface area contributed by atoms with Gasteiger partial charge in [0.1, 0.15) is 17.6 Å². The summed E-state index contributed by atoms with van der Waals surface area (Å²) in [6.07, 6.45) is 1.72. The number of pyridine rings is 1. The molecular formula is C21H22FN3OS. The Kier molecular flexibility index (Phi) is 4.91. The Morgan fingerprint density at radius 3 is 2.74 bits per heavy atom. The Balaban J connectivity index is 2.02. The minimum absolute atomic E-state index is 0.101. The van der Waals surface area contributed by atoms with Crippen molar-refractivity contribution in [1.29, 1.82) is 0 Å². The van der Waals surface area contributed by atoms with Crippen LogP contribution in [0.5, 0.6) is 0 Å². The van der Waals surface area contributed by atoms with E-state index in [1.165, 1.54) is 0 Å². The van der Waals surface area contributed by atoms with Crippen molar-refractivity contribution in [1.82, 2.24) is 14.5 Å². The maximum Gasteiger partial charge on any atom is 0.240 e. The molecule has 4 rings (SSSR count). The van der Waals surface area contributed by atoms with Gasteiger partial charge in [-0.15, -0.1) is 11.8 Å². The number of halogens is 1. The van der Waals surface area contributed by atoms with Gasteiger partial charge in [0.25, 0.3) is 0 Å². The number of hydrogen-bond acceptors (Lipinski definition) is 3. The zero-order valence-electron chi connectivity index (χ0n) is 15.5. The van der Waals surface area contributed by atoms with Crippen LogP contribution in [-0.2, 0) is 11.3 Å². The maximum atomic E-state index is 13.4. The third-order valence-electron chi connectivity index (χ3n) is 5.11. The molecule has 140 valence electrons. The van der Waals surface area contributed by atoms with Gasteiger partial charge in [-0.05, 0) is 32.0 Å². The summed E-state index contributed by atoms with van der Waals surface area (Å²) in [4.78, 5) is 20.8. The summed E-state index contributed by atoms with van der Waals surface area (Å²) in [7, 11) is 0. The number of rotatable bonds is 5. The molecule has 1 unspecified atom stereocenters. The fourth-order valence-corrected chi connectivity index (χ4v) is 5.19. The van der Waals surface area contributed by atoms with Crippen LogP contribution in [0.4, 0.5) is 4.39 Å². The summed E-state index contributed by atoms with van der Waals surface area (Å²) in [5, 5.41) is 0.593. The number of aryl methyl sites for hydroxylation is 1. The predicted molar refractivity (Wildman–Crippen MR) is 108 cm³/mol. The second-order valence-electron chi connectivity index (χ2n) is 6.48. The number of thioether (sulfide) groups is 1. The number of hydrogen-bond donors (Lipinski definition) is 0. The number of likely N-dealkylation sites (N-methyl/N-ethyl adjacent to an activating group) is 1. The molecule has 0 fully saturated rings. The third kappa shape index (κ3) is 2.83. The molecule has 0 bridgehead atoms. The summed E-state index contributed by atoms with van der Waals surface area (Å²) >= 11 is 1.59. The van der Waals surface area contributed by atoms with E-state index in [2.05, 4.69) is 4.98 Å². The van der Waals surface area contributed by atoms with E-state index >= 15 is 0 Å². The summed E-state index contributed by atoms with van der Waals surface area (Å²) in [6, 6.07) is 11.9. The van der Waals surface area contributed by atoms with Crippen LogP contribution in [0.25, 0.3) is 22.3 Å². The molecule has 1 aromatic carbocycles. The number of amides is 1. The van der Waals surface area contributed by atoms with Crippen molar-refractivity contribution >= 4 is 28.7 Å². The molecule has 27 heavy (non-hydrogen) atoms. The van der Waals surface area contributed by atoms with Crippen molar-refractivity contribution in [2.24, 2.45) is 0 Å². The summed E-state index contributed by atoms with van der Waals surface area (Å²) in [5.74, 6) is 0.101. The lowest BCUT2D eigenvalue weighted by molar-refractivity contribution is -0.130. The van der Waals surface area contributed by atoms with Gasteiger partial charge < -0.3 is 9.47 Å². The number of fused-ring (bicyclic) bond motifs is 5. The van der Waals surface area contributed by atoms with Crippen molar-refractivity contribution in [3.63, 3.8) is 0 Å². The van der Waals surface area contributed by atoms with Crippen LogP contribution in [0.1, 0.15) is 24.7 Å². The highest BCUT2D eigenvalue weighted by Gasteiger charge is 2.37. The number of carbonyl (C=O) groups excluding carboxylic acids is 1. The quantitative estimate of drug-likeness (QED) is 0.642. The van der Waals surface area contributed by atoms with Gasteiger partial charge in [-0.25, -0.2) is 9.37 Å². The standard InChI is InChI=1S/C21H22FN3OS/c1-3-24(4-2)21(26)19-17-15-9-7-12-23-20(15)25(13-11-22)18(17)14-8-5-6-10-16(14)27-19/h5-10,12,19H,3-4,11,13H2,1-2H3. The first-order valence-electron chi connectivity index (χ1n) is 9.29. The number of benzene rings is 1. The minimum Gasteiger partial charge on any atom is -0.342 e. The number of alkyl halides is 1. The summed E-state index contributed by atoms with van der Waals surface area (Å²) in [6.45, 7) is 5.09. The predicted octanol–water partition coefficient (Wildman–Crippen LogP) is 4.69. The molecule has 0 spiro atoms. The van der Waals surface area contributed by atoms with E-state index < -0.39 is 6.67 Å². The SMILES string of the molecule is CCN(CC)C(=O)C1Sc2ccccc2-c2c1c1cccnc1n2CCF. The van der Waals surface area contributed by atoms with Crippen molar-refractivity contribution in [2.75, 3.05) is 19.8 Å². The fourth-order valence-electron chi connectivity index (χ4n) is 3.89. The Morgan fingerprint density at radius 2 is 2.00 bits per heavy atom. The molecule has 0 saturated heterocycles. The first kappa shape index (κ1) is 18.0. The first-order valence-corrected chi connectivity index (χ1v) is 10.2. The Labute approximate surface area is 162 Å². The second-order valence-corrected chi connectivity index (χ2v) is 7.63. The Morgan fingerprint density at radius 1 is 1.22 bits per heavy atom. The average molecular weight is 383 g/mol. The van der Waals surface area contributed by atoms with Crippen LogP contribution in [0.3, 0.4) is 0 Å². The first-order chi connectivity index (χ1) is 13.2. The van der Waals surface area contributed by atoms with Crippen LogP contribution in [0.15, 0.2) is 47.5 Å². The van der Waals surface area contributed by atoms with Gasteiger partial charge in [0.15, 0.2) is 0 Å². The van der Waals surface area contributed by atoms with Crippen LogP contribution in [0, 0.1) is 0 Å². The van der Waals surface area contributed by atoms with E-state index in [1.54, 1.807) is 18.0 Å². The van der Waals surface area contributed by atoms with E-state index in [4.69, 9.17) is 0 Å². The zero-order chi connectivity index (χ0) is 19.0. The largest absolute Gasteiger partial charge is 0.342 e. The van der Waals surface area contributed by atoms with Gasteiger partial charge >= 0.3 is 0 Å². The van der Waals surface area contributed by atoms with Gasteiger partial charge in [0, 0.05) is 40.7 Å². The smallest absolute Gasteiger partial charge is 0.240 e. The van der Waals surface area contributed by atoms with Gasteiger partial charge in [-0.2, -0.15) is 0 Å². The maximum absolute atomic E-state index is 13.4. The summed E-state index contributed by atoms with van der Waals surface area (Å²) in [5.41, 5.74) is 3.69. The van der Waals surface area contributed by atoms with Crippen LogP contribution >= 0.6 is 11.8 Å². The molecule has 4 nitrogen and oxygen atoms in total. The van der Waals surface area contributed by atoms with Gasteiger partial charge in [0.2, 0.25) is 5.91 Å². The van der Waals surface area contributed by atoms with E-state index in [9.17, 15) is 9.18 Å². The molecule has 0 N–H and O–H groups in total. The van der Waals surface area contributed by atoms with Crippen LogP contribution in [0.2, 0.25) is 0 Å². The summed E-state index contributed by atoms with van der Waals surface area (Å²) < 4.78 is 15.3. The lowest BCUT2D eigenvalue weighted by Gasteiger charge is -2.29. The van der Waals surface area contributed by atoms with Crippen LogP contribution in [-0.4, -0.2) is 40.1 Å². The normalized spacial score (nSPS) is 15.4. The molecule has 0 aliphatic carbocycles. The van der Waals surface area contributed by atoms with Gasteiger partial charge in [-0.1, -0.05) is 18.2 Å². The molecule has 1 atom stereocenters. The topological polar surface area (TPSA) is 38.1 Å². The number of carbonyl (C=O) groups is 1. The lowest BCUT2D eigenvalue weighted by Crippen LogP contribution is -2.34. The van der Waals surface area contributed by atoms with E-state index in [0.29, 0.717) is 13.1 Å². The monoisotopic (exact) mass is 383 g/mol. The van der Waals surface area contributed by atoms with Crippen molar-refractivity contribution < 1.29 is 9.18 Å². The highest BCUT2D eigenvalue weighted by Crippen LogP contribution is 2.52. The number of nitrogens with zero attached hydrogens (tertiary/aromatic N) is 3. The molecule has 6 heteroatoms. The highest BCUT2D eigenvalue weighted by atomic mass is 32.2. The third-order valence-corrected chi connectivity index (χ3v) is 6.40. The zero-order valence-corrected chi connectivity index (χ0v) is 16.3. The van der Waals surface area contributed by atoms with Crippen molar-refractivity contribution in [3.05, 3.63) is 48.2 Å². The van der Waals surface area contributed by atoms with Crippen molar-refractivity contribution in [2.45, 2.75) is 30.5 Å².